The predicted octanol–water partition coefficient (Wildman–Crippen LogP) is 4.34. The maximum absolute atomic E-state index is 13.0. The van der Waals surface area contributed by atoms with Crippen molar-refractivity contribution in [1.82, 2.24) is 4.31 Å². The molecule has 0 aliphatic carbocycles. The summed E-state index contributed by atoms with van der Waals surface area (Å²) in [5, 5.41) is 2.81. The number of halogens is 2. The van der Waals surface area contributed by atoms with Crippen LogP contribution in [0.15, 0.2) is 47.4 Å². The number of aryl methyl sites for hydroxylation is 1. The third-order valence-corrected chi connectivity index (χ3v) is 6.96. The minimum absolute atomic E-state index is 0.0567. The van der Waals surface area contributed by atoms with Gasteiger partial charge >= 0.3 is 0 Å². The molecule has 0 radical (unpaired) electrons. The summed E-state index contributed by atoms with van der Waals surface area (Å²) in [5.41, 5.74) is 1.66. The number of benzene rings is 2. The molecular formula is C18H20Cl2N2O3S. The molecule has 0 unspecified atom stereocenters. The number of nitrogens with zero attached hydrogens (tertiary/aromatic N) is 1. The van der Waals surface area contributed by atoms with Crippen LogP contribution in [0.1, 0.15) is 19.4 Å². The van der Waals surface area contributed by atoms with Crippen molar-refractivity contribution in [2.45, 2.75) is 31.7 Å². The topological polar surface area (TPSA) is 66.5 Å². The molecule has 5 nitrogen and oxygen atoms in total. The van der Waals surface area contributed by atoms with Gasteiger partial charge in [-0.15, -0.1) is 0 Å². The normalized spacial score (nSPS) is 12.8. The highest BCUT2D eigenvalue weighted by Crippen LogP contribution is 2.31. The molecule has 2 aromatic rings. The predicted molar refractivity (Wildman–Crippen MR) is 105 cm³/mol. The van der Waals surface area contributed by atoms with Crippen molar-refractivity contribution < 1.29 is 13.2 Å². The monoisotopic (exact) mass is 414 g/mol. The smallest absolute Gasteiger partial charge is 0.245 e. The van der Waals surface area contributed by atoms with E-state index < -0.39 is 22.0 Å². The number of likely N-dealkylation sites (N-methyl/N-ethyl adjacent to an activating group) is 1. The molecule has 0 saturated heterocycles. The van der Waals surface area contributed by atoms with E-state index >= 15 is 0 Å². The van der Waals surface area contributed by atoms with E-state index in [1.165, 1.54) is 25.1 Å². The average molecular weight is 415 g/mol. The van der Waals surface area contributed by atoms with Gasteiger partial charge in [-0.05, 0) is 38.1 Å². The fraction of sp³-hybridized carbons (Fsp3) is 0.278. The minimum atomic E-state index is -3.99. The van der Waals surface area contributed by atoms with Crippen molar-refractivity contribution in [3.8, 4) is 0 Å². The van der Waals surface area contributed by atoms with E-state index in [-0.39, 0.29) is 21.5 Å². The molecule has 1 N–H and O–H groups in total. The molecule has 0 saturated carbocycles. The van der Waals surface area contributed by atoms with E-state index in [2.05, 4.69) is 5.32 Å². The van der Waals surface area contributed by atoms with Gasteiger partial charge in [-0.25, -0.2) is 8.42 Å². The number of carbonyl (C=O) groups is 1. The maximum Gasteiger partial charge on any atom is 0.245 e. The van der Waals surface area contributed by atoms with Gasteiger partial charge in [0.25, 0.3) is 0 Å². The molecule has 1 amide bonds. The quantitative estimate of drug-likeness (QED) is 0.763. The first-order valence-electron chi connectivity index (χ1n) is 8.02. The van der Waals surface area contributed by atoms with E-state index in [1.54, 1.807) is 19.1 Å². The van der Waals surface area contributed by atoms with Crippen LogP contribution in [0.25, 0.3) is 0 Å². The highest BCUT2D eigenvalue weighted by atomic mass is 35.5. The zero-order valence-electron chi connectivity index (χ0n) is 14.7. The van der Waals surface area contributed by atoms with Crippen LogP contribution in [0.4, 0.5) is 5.69 Å². The number of hydrogen-bond donors (Lipinski definition) is 1. The van der Waals surface area contributed by atoms with Gasteiger partial charge in [0.1, 0.15) is 10.9 Å². The van der Waals surface area contributed by atoms with E-state index in [4.69, 9.17) is 23.2 Å². The van der Waals surface area contributed by atoms with E-state index in [0.29, 0.717) is 5.69 Å². The molecule has 140 valence electrons. The van der Waals surface area contributed by atoms with Crippen LogP contribution in [0.5, 0.6) is 0 Å². The van der Waals surface area contributed by atoms with E-state index in [0.717, 1.165) is 9.87 Å². The van der Waals surface area contributed by atoms with Gasteiger partial charge in [0.2, 0.25) is 15.9 Å². The molecule has 0 heterocycles. The Bertz CT molecular complexity index is 899. The highest BCUT2D eigenvalue weighted by molar-refractivity contribution is 7.89. The third kappa shape index (κ3) is 4.38. The maximum atomic E-state index is 13.0. The first kappa shape index (κ1) is 20.7. The summed E-state index contributed by atoms with van der Waals surface area (Å²) in [6.07, 6.45) is 0. The number of amides is 1. The average Bonchev–Trinajstić information content (AvgIpc) is 2.59. The molecule has 0 aliphatic rings. The van der Waals surface area contributed by atoms with E-state index in [1.807, 2.05) is 19.1 Å². The molecule has 0 aliphatic heterocycles. The van der Waals surface area contributed by atoms with Crippen LogP contribution < -0.4 is 5.32 Å². The Morgan fingerprint density at radius 2 is 1.77 bits per heavy atom. The third-order valence-electron chi connectivity index (χ3n) is 3.94. The Morgan fingerprint density at radius 3 is 2.35 bits per heavy atom. The van der Waals surface area contributed by atoms with Crippen molar-refractivity contribution in [2.75, 3.05) is 11.9 Å². The lowest BCUT2D eigenvalue weighted by Gasteiger charge is -2.27. The first-order valence-corrected chi connectivity index (χ1v) is 10.2. The lowest BCUT2D eigenvalue weighted by molar-refractivity contribution is -0.119. The number of sulfonamides is 1. The Hall–Kier alpha value is -1.60. The van der Waals surface area contributed by atoms with Crippen LogP contribution in [-0.2, 0) is 14.8 Å². The Morgan fingerprint density at radius 1 is 1.15 bits per heavy atom. The Labute approximate surface area is 164 Å². The summed E-state index contributed by atoms with van der Waals surface area (Å²) in [6, 6.07) is 10.7. The molecule has 0 fully saturated rings. The number of nitrogens with one attached hydrogen (secondary N) is 1. The van der Waals surface area contributed by atoms with Crippen molar-refractivity contribution in [3.63, 3.8) is 0 Å². The first-order chi connectivity index (χ1) is 12.2. The SMILES string of the molecule is CCN([C@@H](C)C(=O)Nc1ccc(C)cc1)S(=O)(=O)c1cccc(Cl)c1Cl. The lowest BCUT2D eigenvalue weighted by Crippen LogP contribution is -2.45. The van der Waals surface area contributed by atoms with Gasteiger partial charge in [-0.2, -0.15) is 4.31 Å². The standard InChI is InChI=1S/C18H20Cl2N2O3S/c1-4-22(26(24,25)16-7-5-6-15(19)17(16)20)13(3)18(23)21-14-10-8-12(2)9-11-14/h5-11,13H,4H2,1-3H3,(H,21,23)/t13-/m0/s1. The molecule has 1 atom stereocenters. The van der Waals surface area contributed by atoms with E-state index in [9.17, 15) is 13.2 Å². The zero-order valence-corrected chi connectivity index (χ0v) is 17.0. The number of carbonyl (C=O) groups excluding carboxylic acids is 1. The van der Waals surface area contributed by atoms with Gasteiger partial charge in [-0.3, -0.25) is 4.79 Å². The molecule has 0 bridgehead atoms. The summed E-state index contributed by atoms with van der Waals surface area (Å²) in [6.45, 7) is 5.23. The van der Waals surface area contributed by atoms with Gasteiger partial charge in [0.05, 0.1) is 10.0 Å². The molecule has 2 aromatic carbocycles. The molecule has 0 aromatic heterocycles. The van der Waals surface area contributed by atoms with Crippen molar-refractivity contribution in [2.24, 2.45) is 0 Å². The van der Waals surface area contributed by atoms with Crippen LogP contribution >= 0.6 is 23.2 Å². The fourth-order valence-corrected chi connectivity index (χ4v) is 4.82. The van der Waals surface area contributed by atoms with Crippen molar-refractivity contribution in [3.05, 3.63) is 58.1 Å². The summed E-state index contributed by atoms with van der Waals surface area (Å²) in [5.74, 6) is -0.433. The fourth-order valence-electron chi connectivity index (χ4n) is 2.48. The largest absolute Gasteiger partial charge is 0.325 e. The van der Waals surface area contributed by atoms with Crippen LogP contribution in [0.3, 0.4) is 0 Å². The second kappa shape index (κ2) is 8.39. The van der Waals surface area contributed by atoms with Crippen LogP contribution in [0, 0.1) is 6.92 Å². The summed E-state index contributed by atoms with van der Waals surface area (Å²) in [7, 11) is -3.99. The van der Waals surface area contributed by atoms with Gasteiger partial charge < -0.3 is 5.32 Å². The number of anilines is 1. The lowest BCUT2D eigenvalue weighted by atomic mass is 10.2. The summed E-state index contributed by atoms with van der Waals surface area (Å²) < 4.78 is 27.1. The minimum Gasteiger partial charge on any atom is -0.325 e. The zero-order chi connectivity index (χ0) is 19.5. The second-order valence-corrected chi connectivity index (χ2v) is 8.44. The summed E-state index contributed by atoms with van der Waals surface area (Å²) in [4.78, 5) is 12.4. The Balaban J connectivity index is 2.29. The van der Waals surface area contributed by atoms with Crippen LogP contribution in [0.2, 0.25) is 10.0 Å². The van der Waals surface area contributed by atoms with Crippen molar-refractivity contribution >= 4 is 44.8 Å². The van der Waals surface area contributed by atoms with Gasteiger partial charge in [0.15, 0.2) is 0 Å². The Kier molecular flexibility index (Phi) is 6.69. The number of rotatable bonds is 6. The van der Waals surface area contributed by atoms with Crippen molar-refractivity contribution in [1.29, 1.82) is 0 Å². The van der Waals surface area contributed by atoms with Gasteiger partial charge in [-0.1, -0.05) is 53.9 Å². The summed E-state index contributed by atoms with van der Waals surface area (Å²) >= 11 is 12.0. The second-order valence-electron chi connectivity index (χ2n) is 5.79. The van der Waals surface area contributed by atoms with Crippen LogP contribution in [-0.4, -0.2) is 31.2 Å². The molecule has 8 heteroatoms. The van der Waals surface area contributed by atoms with Gasteiger partial charge in [0, 0.05) is 12.2 Å². The molecule has 0 spiro atoms. The molecule has 2 rings (SSSR count). The molecular weight excluding hydrogens is 395 g/mol. The highest BCUT2D eigenvalue weighted by Gasteiger charge is 2.33. The number of hydrogen-bond acceptors (Lipinski definition) is 3. The molecule has 26 heavy (non-hydrogen) atoms.